The minimum Gasteiger partial charge on any atom is -0.489 e. The average molecular weight is 506 g/mol. The molecule has 4 heteroatoms. The maximum Gasteiger partial charge on any atom is 0.227 e. The van der Waals surface area contributed by atoms with E-state index in [9.17, 15) is 4.79 Å². The lowest BCUT2D eigenvalue weighted by atomic mass is 9.90. The predicted octanol–water partition coefficient (Wildman–Crippen LogP) is 6.87. The van der Waals surface area contributed by atoms with Crippen molar-refractivity contribution in [1.29, 1.82) is 0 Å². The third kappa shape index (κ3) is 7.25. The van der Waals surface area contributed by atoms with Gasteiger partial charge in [0.25, 0.3) is 0 Å². The molecule has 1 fully saturated rings. The number of nitrogens with zero attached hydrogens (tertiary/aromatic N) is 1. The third-order valence-corrected chi connectivity index (χ3v) is 7.20. The highest BCUT2D eigenvalue weighted by atomic mass is 16.5. The highest BCUT2D eigenvalue weighted by Crippen LogP contribution is 2.29. The van der Waals surface area contributed by atoms with Gasteiger partial charge in [0.2, 0.25) is 5.91 Å². The van der Waals surface area contributed by atoms with Crippen molar-refractivity contribution in [1.82, 2.24) is 4.90 Å². The fourth-order valence-corrected chi connectivity index (χ4v) is 4.99. The van der Waals surface area contributed by atoms with Crippen LogP contribution in [0.4, 0.5) is 0 Å². The number of amides is 1. The van der Waals surface area contributed by atoms with E-state index in [-0.39, 0.29) is 5.91 Å². The van der Waals surface area contributed by atoms with Crippen LogP contribution in [0.25, 0.3) is 0 Å². The summed E-state index contributed by atoms with van der Waals surface area (Å²) in [5.41, 5.74) is 4.46. The lowest BCUT2D eigenvalue weighted by Gasteiger charge is -2.32. The Morgan fingerprint density at radius 1 is 0.684 bits per heavy atom. The number of hydrogen-bond donors (Lipinski definition) is 0. The molecule has 0 aliphatic carbocycles. The molecule has 0 bridgehead atoms. The van der Waals surface area contributed by atoms with E-state index < -0.39 is 0 Å². The molecule has 4 nitrogen and oxygen atoms in total. The summed E-state index contributed by atoms with van der Waals surface area (Å²) in [7, 11) is 0. The van der Waals surface area contributed by atoms with Crippen molar-refractivity contribution >= 4 is 5.91 Å². The van der Waals surface area contributed by atoms with Gasteiger partial charge in [-0.15, -0.1) is 0 Å². The summed E-state index contributed by atoms with van der Waals surface area (Å²) in [5.74, 6) is 2.22. The van der Waals surface area contributed by atoms with Crippen LogP contribution in [0.2, 0.25) is 0 Å². The third-order valence-electron chi connectivity index (χ3n) is 7.20. The van der Waals surface area contributed by atoms with E-state index >= 15 is 0 Å². The van der Waals surface area contributed by atoms with E-state index in [0.29, 0.717) is 31.3 Å². The van der Waals surface area contributed by atoms with Crippen LogP contribution in [0.1, 0.15) is 35.1 Å². The Morgan fingerprint density at radius 3 is 1.84 bits per heavy atom. The molecule has 0 N–H and O–H groups in total. The second kappa shape index (κ2) is 13.0. The predicted molar refractivity (Wildman–Crippen MR) is 151 cm³/mol. The quantitative estimate of drug-likeness (QED) is 0.236. The minimum atomic E-state index is 0.158. The highest BCUT2D eigenvalue weighted by molar-refractivity contribution is 5.79. The van der Waals surface area contributed by atoms with Crippen LogP contribution >= 0.6 is 0 Å². The first-order chi connectivity index (χ1) is 18.7. The molecule has 38 heavy (non-hydrogen) atoms. The smallest absolute Gasteiger partial charge is 0.227 e. The summed E-state index contributed by atoms with van der Waals surface area (Å²) in [6.45, 7) is 2.55. The zero-order valence-corrected chi connectivity index (χ0v) is 21.8. The fourth-order valence-electron chi connectivity index (χ4n) is 4.99. The summed E-state index contributed by atoms with van der Waals surface area (Å²) in [6, 6.07) is 36.7. The molecule has 1 amide bonds. The van der Waals surface area contributed by atoms with Crippen LogP contribution in [0.3, 0.4) is 0 Å². The Kier molecular flexibility index (Phi) is 8.73. The number of carbonyl (C=O) groups excluding carboxylic acids is 1. The molecular formula is C34H35NO3. The number of rotatable bonds is 10. The zero-order valence-electron chi connectivity index (χ0n) is 21.8. The van der Waals surface area contributed by atoms with E-state index in [4.69, 9.17) is 9.47 Å². The molecule has 0 unspecified atom stereocenters. The van der Waals surface area contributed by atoms with Crippen molar-refractivity contribution in [3.8, 4) is 11.5 Å². The first-order valence-electron chi connectivity index (χ1n) is 13.5. The van der Waals surface area contributed by atoms with Crippen LogP contribution in [0.5, 0.6) is 11.5 Å². The van der Waals surface area contributed by atoms with E-state index in [1.54, 1.807) is 0 Å². The first kappa shape index (κ1) is 25.6. The minimum absolute atomic E-state index is 0.158. The summed E-state index contributed by atoms with van der Waals surface area (Å²) < 4.78 is 12.3. The Bertz CT molecular complexity index is 1280. The van der Waals surface area contributed by atoms with Gasteiger partial charge in [-0.2, -0.15) is 0 Å². The van der Waals surface area contributed by atoms with Gasteiger partial charge in [0.15, 0.2) is 0 Å². The van der Waals surface area contributed by atoms with Crippen LogP contribution < -0.4 is 9.47 Å². The molecule has 1 aliphatic heterocycles. The monoisotopic (exact) mass is 505 g/mol. The lowest BCUT2D eigenvalue weighted by molar-refractivity contribution is -0.131. The normalized spacial score (nSPS) is 13.7. The van der Waals surface area contributed by atoms with Crippen molar-refractivity contribution < 1.29 is 14.3 Å². The molecule has 1 aliphatic rings. The van der Waals surface area contributed by atoms with Gasteiger partial charge in [-0.3, -0.25) is 4.79 Å². The van der Waals surface area contributed by atoms with E-state index in [0.717, 1.165) is 54.8 Å². The fraction of sp³-hybridized carbons (Fsp3) is 0.265. The Labute approximate surface area is 225 Å². The van der Waals surface area contributed by atoms with Gasteiger partial charge in [-0.1, -0.05) is 97.1 Å². The molecular weight excluding hydrogens is 470 g/mol. The van der Waals surface area contributed by atoms with Gasteiger partial charge >= 0.3 is 0 Å². The number of piperidine rings is 1. The van der Waals surface area contributed by atoms with E-state index in [2.05, 4.69) is 30.3 Å². The second-order valence-corrected chi connectivity index (χ2v) is 10.0. The molecule has 5 rings (SSSR count). The SMILES string of the molecule is O=C(Cc1ccc(OCc2ccccc2)cc1OCc1ccccc1)N1CCC(Cc2ccccc2)CC1. The molecule has 0 saturated carbocycles. The Hall–Kier alpha value is -4.05. The lowest BCUT2D eigenvalue weighted by Crippen LogP contribution is -2.39. The van der Waals surface area contributed by atoms with Gasteiger partial charge in [0.1, 0.15) is 24.7 Å². The van der Waals surface area contributed by atoms with Crippen LogP contribution in [-0.4, -0.2) is 23.9 Å². The van der Waals surface area contributed by atoms with Crippen molar-refractivity contribution in [2.24, 2.45) is 5.92 Å². The van der Waals surface area contributed by atoms with Crippen molar-refractivity contribution in [2.45, 2.75) is 38.9 Å². The van der Waals surface area contributed by atoms with Crippen molar-refractivity contribution in [3.05, 3.63) is 131 Å². The zero-order chi connectivity index (χ0) is 26.0. The number of benzene rings is 4. The Balaban J connectivity index is 1.22. The topological polar surface area (TPSA) is 38.8 Å². The van der Waals surface area contributed by atoms with Crippen LogP contribution in [0.15, 0.2) is 109 Å². The van der Waals surface area contributed by atoms with Crippen molar-refractivity contribution in [2.75, 3.05) is 13.1 Å². The van der Waals surface area contributed by atoms with Gasteiger partial charge < -0.3 is 14.4 Å². The van der Waals surface area contributed by atoms with Crippen LogP contribution in [-0.2, 0) is 30.8 Å². The molecule has 4 aromatic rings. The number of ether oxygens (including phenoxy) is 2. The molecule has 1 saturated heterocycles. The summed E-state index contributed by atoms with van der Waals surface area (Å²) >= 11 is 0. The summed E-state index contributed by atoms with van der Waals surface area (Å²) in [6.07, 6.45) is 3.51. The van der Waals surface area contributed by atoms with Gasteiger partial charge in [0, 0.05) is 24.7 Å². The van der Waals surface area contributed by atoms with E-state index in [1.807, 2.05) is 83.8 Å². The average Bonchev–Trinajstić information content (AvgIpc) is 2.98. The molecule has 194 valence electrons. The number of hydrogen-bond acceptors (Lipinski definition) is 3. The Morgan fingerprint density at radius 2 is 1.24 bits per heavy atom. The molecule has 1 heterocycles. The largest absolute Gasteiger partial charge is 0.489 e. The van der Waals surface area contributed by atoms with Gasteiger partial charge in [0.05, 0.1) is 6.42 Å². The molecule has 0 aromatic heterocycles. The van der Waals surface area contributed by atoms with Crippen LogP contribution in [0, 0.1) is 5.92 Å². The van der Waals surface area contributed by atoms with E-state index in [1.165, 1.54) is 5.56 Å². The second-order valence-electron chi connectivity index (χ2n) is 10.0. The van der Waals surface area contributed by atoms with Gasteiger partial charge in [-0.25, -0.2) is 0 Å². The van der Waals surface area contributed by atoms with Gasteiger partial charge in [-0.05, 0) is 47.9 Å². The van der Waals surface area contributed by atoms with Crippen molar-refractivity contribution in [3.63, 3.8) is 0 Å². The summed E-state index contributed by atoms with van der Waals surface area (Å²) in [4.78, 5) is 15.3. The molecule has 4 aromatic carbocycles. The first-order valence-corrected chi connectivity index (χ1v) is 13.5. The number of carbonyl (C=O) groups is 1. The molecule has 0 atom stereocenters. The number of likely N-dealkylation sites (tertiary alicyclic amines) is 1. The highest BCUT2D eigenvalue weighted by Gasteiger charge is 2.24. The molecule has 0 radical (unpaired) electrons. The standard InChI is InChI=1S/C34H35NO3/c36-34(35-20-18-28(19-21-35)22-27-10-4-1-5-11-27)23-31-16-17-32(37-25-29-12-6-2-7-13-29)24-33(31)38-26-30-14-8-3-9-15-30/h1-17,24,28H,18-23,25-26H2. The summed E-state index contributed by atoms with van der Waals surface area (Å²) in [5, 5.41) is 0. The molecule has 0 spiro atoms. The maximum atomic E-state index is 13.3. The maximum absolute atomic E-state index is 13.3.